The van der Waals surface area contributed by atoms with Crippen molar-refractivity contribution in [3.63, 3.8) is 0 Å². The fourth-order valence-corrected chi connectivity index (χ4v) is 4.00. The lowest BCUT2D eigenvalue weighted by atomic mass is 9.95. The third-order valence-electron chi connectivity index (χ3n) is 5.41. The molecule has 0 saturated carbocycles. The Balaban J connectivity index is 1.54. The number of nitrogens with zero attached hydrogens (tertiary/aromatic N) is 1. The van der Waals surface area contributed by atoms with Crippen molar-refractivity contribution >= 4 is 0 Å². The Hall–Kier alpha value is -2.28. The number of piperazine rings is 1. The summed E-state index contributed by atoms with van der Waals surface area (Å²) < 4.78 is 23.2. The van der Waals surface area contributed by atoms with Gasteiger partial charge in [0.05, 0.1) is 26.9 Å². The van der Waals surface area contributed by atoms with Crippen LogP contribution < -0.4 is 19.5 Å². The summed E-state index contributed by atoms with van der Waals surface area (Å²) in [5.74, 6) is 2.50. The lowest BCUT2D eigenvalue weighted by Crippen LogP contribution is -2.51. The summed E-state index contributed by atoms with van der Waals surface area (Å²) in [5, 5.41) is 3.43. The van der Waals surface area contributed by atoms with Crippen molar-refractivity contribution < 1.29 is 18.9 Å². The quantitative estimate of drug-likeness (QED) is 0.826. The molecule has 0 amide bonds. The summed E-state index contributed by atoms with van der Waals surface area (Å²) in [5.41, 5.74) is 2.23. The highest BCUT2D eigenvalue weighted by molar-refractivity contribution is 5.39. The average Bonchev–Trinajstić information content (AvgIpc) is 2.77. The van der Waals surface area contributed by atoms with E-state index in [1.807, 2.05) is 30.3 Å². The number of benzene rings is 2. The van der Waals surface area contributed by atoms with E-state index in [9.17, 15) is 0 Å². The Morgan fingerprint density at radius 2 is 1.75 bits per heavy atom. The second-order valence-corrected chi connectivity index (χ2v) is 7.15. The van der Waals surface area contributed by atoms with E-state index < -0.39 is 0 Å². The normalized spacial score (nSPS) is 22.2. The van der Waals surface area contributed by atoms with Gasteiger partial charge in [0, 0.05) is 37.8 Å². The van der Waals surface area contributed by atoms with Gasteiger partial charge in [0.1, 0.15) is 30.0 Å². The second kappa shape index (κ2) is 8.82. The van der Waals surface area contributed by atoms with E-state index in [0.717, 1.165) is 49.0 Å². The first-order valence-corrected chi connectivity index (χ1v) is 9.78. The van der Waals surface area contributed by atoms with Gasteiger partial charge in [0.2, 0.25) is 0 Å². The lowest BCUT2D eigenvalue weighted by Gasteiger charge is -2.42. The fourth-order valence-electron chi connectivity index (χ4n) is 4.00. The molecule has 4 rings (SSSR count). The number of ether oxygens (including phenoxy) is 4. The molecule has 28 heavy (non-hydrogen) atoms. The number of hydrogen-bond donors (Lipinski definition) is 1. The SMILES string of the molecule is COc1cc(CO[C@@H]2COc3ccccc3[C@H]2N2CCNCC2)cc(OC)c1. The van der Waals surface area contributed by atoms with E-state index in [1.54, 1.807) is 14.2 Å². The van der Waals surface area contributed by atoms with Gasteiger partial charge in [-0.2, -0.15) is 0 Å². The molecule has 1 N–H and O–H groups in total. The molecule has 1 saturated heterocycles. The maximum atomic E-state index is 6.39. The summed E-state index contributed by atoms with van der Waals surface area (Å²) in [6.45, 7) is 5.04. The first-order valence-electron chi connectivity index (χ1n) is 9.78. The summed E-state index contributed by atoms with van der Waals surface area (Å²) in [4.78, 5) is 2.51. The maximum Gasteiger partial charge on any atom is 0.124 e. The highest BCUT2D eigenvalue weighted by Crippen LogP contribution is 2.38. The van der Waals surface area contributed by atoms with Crippen LogP contribution in [-0.2, 0) is 11.3 Å². The van der Waals surface area contributed by atoms with Crippen LogP contribution in [0.25, 0.3) is 0 Å². The molecular weight excluding hydrogens is 356 g/mol. The zero-order chi connectivity index (χ0) is 19.3. The van der Waals surface area contributed by atoms with Crippen LogP contribution in [0.4, 0.5) is 0 Å². The van der Waals surface area contributed by atoms with E-state index in [1.165, 1.54) is 5.56 Å². The van der Waals surface area contributed by atoms with Crippen LogP contribution in [0.15, 0.2) is 42.5 Å². The first-order chi connectivity index (χ1) is 13.8. The molecule has 6 nitrogen and oxygen atoms in total. The molecule has 0 radical (unpaired) electrons. The highest BCUT2D eigenvalue weighted by atomic mass is 16.5. The maximum absolute atomic E-state index is 6.39. The van der Waals surface area contributed by atoms with E-state index >= 15 is 0 Å². The van der Waals surface area contributed by atoms with Crippen molar-refractivity contribution in [2.45, 2.75) is 18.8 Å². The molecule has 2 aliphatic rings. The van der Waals surface area contributed by atoms with Crippen molar-refractivity contribution in [2.75, 3.05) is 47.0 Å². The van der Waals surface area contributed by atoms with Gasteiger partial charge in [0.15, 0.2) is 0 Å². The van der Waals surface area contributed by atoms with Crippen LogP contribution in [0.5, 0.6) is 17.2 Å². The van der Waals surface area contributed by atoms with Crippen LogP contribution in [0.2, 0.25) is 0 Å². The number of hydrogen-bond acceptors (Lipinski definition) is 6. The molecule has 2 aliphatic heterocycles. The Morgan fingerprint density at radius 3 is 2.46 bits per heavy atom. The van der Waals surface area contributed by atoms with E-state index in [4.69, 9.17) is 18.9 Å². The van der Waals surface area contributed by atoms with Crippen molar-refractivity contribution in [3.05, 3.63) is 53.6 Å². The van der Waals surface area contributed by atoms with Crippen LogP contribution in [0.3, 0.4) is 0 Å². The smallest absolute Gasteiger partial charge is 0.124 e. The number of rotatable bonds is 6. The third-order valence-corrected chi connectivity index (χ3v) is 5.41. The van der Waals surface area contributed by atoms with Crippen LogP contribution >= 0.6 is 0 Å². The molecule has 2 aromatic rings. The summed E-state index contributed by atoms with van der Waals surface area (Å²) in [6, 6.07) is 14.3. The van der Waals surface area contributed by atoms with E-state index in [2.05, 4.69) is 22.3 Å². The number of nitrogens with one attached hydrogen (secondary N) is 1. The summed E-state index contributed by atoms with van der Waals surface area (Å²) in [6.07, 6.45) is -0.0369. The molecule has 150 valence electrons. The van der Waals surface area contributed by atoms with Gasteiger partial charge in [0.25, 0.3) is 0 Å². The van der Waals surface area contributed by atoms with Crippen molar-refractivity contribution in [3.8, 4) is 17.2 Å². The second-order valence-electron chi connectivity index (χ2n) is 7.15. The Labute approximate surface area is 166 Å². The van der Waals surface area contributed by atoms with Crippen LogP contribution in [0, 0.1) is 0 Å². The van der Waals surface area contributed by atoms with Gasteiger partial charge in [-0.25, -0.2) is 0 Å². The van der Waals surface area contributed by atoms with Gasteiger partial charge in [-0.3, -0.25) is 4.90 Å². The molecule has 0 aromatic heterocycles. The molecule has 0 bridgehead atoms. The van der Waals surface area contributed by atoms with Gasteiger partial charge in [-0.15, -0.1) is 0 Å². The molecule has 0 aliphatic carbocycles. The van der Waals surface area contributed by atoms with Gasteiger partial charge >= 0.3 is 0 Å². The predicted molar refractivity (Wildman–Crippen MR) is 107 cm³/mol. The molecule has 0 spiro atoms. The van der Waals surface area contributed by atoms with Gasteiger partial charge in [-0.05, 0) is 23.8 Å². The van der Waals surface area contributed by atoms with Crippen LogP contribution in [0.1, 0.15) is 17.2 Å². The molecule has 0 unspecified atom stereocenters. The number of methoxy groups -OCH3 is 2. The monoisotopic (exact) mass is 384 g/mol. The predicted octanol–water partition coefficient (Wildman–Crippen LogP) is 2.63. The zero-order valence-electron chi connectivity index (χ0n) is 16.5. The summed E-state index contributed by atoms with van der Waals surface area (Å²) in [7, 11) is 3.32. The zero-order valence-corrected chi connectivity index (χ0v) is 16.5. The number of para-hydroxylation sites is 1. The minimum atomic E-state index is -0.0369. The molecule has 1 fully saturated rings. The highest BCUT2D eigenvalue weighted by Gasteiger charge is 2.36. The van der Waals surface area contributed by atoms with E-state index in [0.29, 0.717) is 13.2 Å². The van der Waals surface area contributed by atoms with Gasteiger partial charge in [-0.1, -0.05) is 18.2 Å². The number of fused-ring (bicyclic) bond motifs is 1. The topological polar surface area (TPSA) is 52.2 Å². The Kier molecular flexibility index (Phi) is 6.00. The first kappa shape index (κ1) is 19.1. The minimum Gasteiger partial charge on any atom is -0.497 e. The molecular formula is C22H28N2O4. The standard InChI is InChI=1S/C22H28N2O4/c1-25-17-11-16(12-18(13-17)26-2)14-27-21-15-28-20-6-4-3-5-19(20)22(21)24-9-7-23-8-10-24/h3-6,11-13,21-23H,7-10,14-15H2,1-2H3/t21-,22-/m1/s1. The van der Waals surface area contributed by atoms with Crippen molar-refractivity contribution in [1.29, 1.82) is 0 Å². The van der Waals surface area contributed by atoms with Gasteiger partial charge < -0.3 is 24.3 Å². The Morgan fingerprint density at radius 1 is 1.04 bits per heavy atom. The lowest BCUT2D eigenvalue weighted by molar-refractivity contribution is -0.0617. The molecule has 2 heterocycles. The van der Waals surface area contributed by atoms with Crippen LogP contribution in [-0.4, -0.2) is 58.0 Å². The largest absolute Gasteiger partial charge is 0.497 e. The van der Waals surface area contributed by atoms with E-state index in [-0.39, 0.29) is 12.1 Å². The average molecular weight is 384 g/mol. The molecule has 2 atom stereocenters. The molecule has 2 aromatic carbocycles. The minimum absolute atomic E-state index is 0.0369. The summed E-state index contributed by atoms with van der Waals surface area (Å²) >= 11 is 0. The third kappa shape index (κ3) is 4.09. The Bertz CT molecular complexity index is 770. The van der Waals surface area contributed by atoms with Crippen molar-refractivity contribution in [1.82, 2.24) is 10.2 Å². The fraction of sp³-hybridized carbons (Fsp3) is 0.455. The van der Waals surface area contributed by atoms with Crippen molar-refractivity contribution in [2.24, 2.45) is 0 Å². The molecule has 6 heteroatoms.